The van der Waals surface area contributed by atoms with Gasteiger partial charge in [-0.3, -0.25) is 4.68 Å². The molecule has 0 amide bonds. The second-order valence-corrected chi connectivity index (χ2v) is 4.61. The van der Waals surface area contributed by atoms with Crippen molar-refractivity contribution in [2.24, 2.45) is 0 Å². The van der Waals surface area contributed by atoms with E-state index >= 15 is 0 Å². The summed E-state index contributed by atoms with van der Waals surface area (Å²) in [5, 5.41) is 17.1. The fourth-order valence-electron chi connectivity index (χ4n) is 2.31. The normalized spacial score (nSPS) is 11.2. The van der Waals surface area contributed by atoms with Gasteiger partial charge in [0.1, 0.15) is 12.4 Å². The molecule has 0 saturated heterocycles. The second kappa shape index (κ2) is 5.30. The van der Waals surface area contributed by atoms with Crippen molar-refractivity contribution in [2.75, 3.05) is 5.73 Å². The molecule has 104 valence electrons. The molecule has 7 heteroatoms. The molecular weight excluding hydrogens is 256 g/mol. The van der Waals surface area contributed by atoms with Gasteiger partial charge >= 0.3 is 0 Å². The van der Waals surface area contributed by atoms with Gasteiger partial charge in [0, 0.05) is 25.0 Å². The quantitative estimate of drug-likeness (QED) is 0.670. The molecule has 2 aromatic heterocycles. The van der Waals surface area contributed by atoms with E-state index in [-0.39, 0.29) is 6.61 Å². The lowest BCUT2D eigenvalue weighted by Gasteiger charge is -2.07. The highest BCUT2D eigenvalue weighted by Gasteiger charge is 2.09. The molecule has 0 atom stereocenters. The van der Waals surface area contributed by atoms with E-state index in [1.54, 1.807) is 10.9 Å². The zero-order chi connectivity index (χ0) is 13.9. The SMILES string of the molecule is Nc1ccc2c(c1)nc(CO)n2CCCn1ccnn1. The first kappa shape index (κ1) is 12.6. The van der Waals surface area contributed by atoms with Crippen molar-refractivity contribution in [2.45, 2.75) is 26.1 Å². The molecule has 0 aliphatic heterocycles. The van der Waals surface area contributed by atoms with Gasteiger partial charge in [-0.15, -0.1) is 5.10 Å². The summed E-state index contributed by atoms with van der Waals surface area (Å²) in [5.41, 5.74) is 8.24. The van der Waals surface area contributed by atoms with Crippen LogP contribution in [0.4, 0.5) is 5.69 Å². The number of nitrogens with zero attached hydrogens (tertiary/aromatic N) is 5. The zero-order valence-electron chi connectivity index (χ0n) is 11.0. The fraction of sp³-hybridized carbons (Fsp3) is 0.308. The molecule has 3 rings (SSSR count). The van der Waals surface area contributed by atoms with Gasteiger partial charge < -0.3 is 15.4 Å². The van der Waals surface area contributed by atoms with Crippen molar-refractivity contribution >= 4 is 16.7 Å². The van der Waals surface area contributed by atoms with Crippen molar-refractivity contribution in [3.05, 3.63) is 36.4 Å². The molecule has 0 aliphatic rings. The van der Waals surface area contributed by atoms with Crippen LogP contribution in [0.5, 0.6) is 0 Å². The molecule has 3 N–H and O–H groups in total. The van der Waals surface area contributed by atoms with E-state index in [0.717, 1.165) is 30.5 Å². The lowest BCUT2D eigenvalue weighted by molar-refractivity contribution is 0.265. The van der Waals surface area contributed by atoms with Crippen LogP contribution in [0, 0.1) is 0 Å². The van der Waals surface area contributed by atoms with Crippen LogP contribution in [0.3, 0.4) is 0 Å². The molecule has 2 heterocycles. The number of fused-ring (bicyclic) bond motifs is 1. The smallest absolute Gasteiger partial charge is 0.135 e. The zero-order valence-corrected chi connectivity index (χ0v) is 11.0. The highest BCUT2D eigenvalue weighted by Crippen LogP contribution is 2.19. The average Bonchev–Trinajstić information content (AvgIpc) is 3.06. The minimum absolute atomic E-state index is 0.0854. The second-order valence-electron chi connectivity index (χ2n) is 4.61. The van der Waals surface area contributed by atoms with Crippen LogP contribution in [0.1, 0.15) is 12.2 Å². The first-order chi connectivity index (χ1) is 9.78. The summed E-state index contributed by atoms with van der Waals surface area (Å²) in [4.78, 5) is 4.41. The van der Waals surface area contributed by atoms with Crippen LogP contribution in [-0.2, 0) is 19.7 Å². The largest absolute Gasteiger partial charge is 0.399 e. The van der Waals surface area contributed by atoms with Crippen LogP contribution in [0.15, 0.2) is 30.6 Å². The number of imidazole rings is 1. The van der Waals surface area contributed by atoms with E-state index in [2.05, 4.69) is 15.3 Å². The average molecular weight is 272 g/mol. The third-order valence-electron chi connectivity index (χ3n) is 3.23. The Labute approximate surface area is 115 Å². The van der Waals surface area contributed by atoms with Crippen LogP contribution < -0.4 is 5.73 Å². The van der Waals surface area contributed by atoms with E-state index in [1.165, 1.54) is 0 Å². The maximum absolute atomic E-state index is 9.43. The van der Waals surface area contributed by atoms with Crippen molar-refractivity contribution in [3.63, 3.8) is 0 Å². The van der Waals surface area contributed by atoms with E-state index in [1.807, 2.05) is 29.0 Å². The molecule has 0 aliphatic carbocycles. The third-order valence-corrected chi connectivity index (χ3v) is 3.23. The Balaban J connectivity index is 1.82. The van der Waals surface area contributed by atoms with Gasteiger partial charge in [0.2, 0.25) is 0 Å². The molecule has 0 radical (unpaired) electrons. The van der Waals surface area contributed by atoms with Crippen molar-refractivity contribution < 1.29 is 5.11 Å². The van der Waals surface area contributed by atoms with Gasteiger partial charge in [0.25, 0.3) is 0 Å². The Morgan fingerprint density at radius 1 is 1.25 bits per heavy atom. The summed E-state index contributed by atoms with van der Waals surface area (Å²) in [7, 11) is 0. The summed E-state index contributed by atoms with van der Waals surface area (Å²) in [5.74, 6) is 0.657. The predicted molar refractivity (Wildman–Crippen MR) is 74.7 cm³/mol. The van der Waals surface area contributed by atoms with Gasteiger partial charge in [0.15, 0.2) is 0 Å². The Hall–Kier alpha value is -2.41. The van der Waals surface area contributed by atoms with E-state index in [4.69, 9.17) is 5.73 Å². The number of aryl methyl sites for hydroxylation is 2. The molecule has 3 aromatic rings. The summed E-state index contributed by atoms with van der Waals surface area (Å²) >= 11 is 0. The molecule has 7 nitrogen and oxygen atoms in total. The van der Waals surface area contributed by atoms with Gasteiger partial charge in [-0.05, 0) is 24.6 Å². The summed E-state index contributed by atoms with van der Waals surface area (Å²) in [6.07, 6.45) is 4.38. The number of aromatic nitrogens is 5. The maximum atomic E-state index is 9.43. The summed E-state index contributed by atoms with van der Waals surface area (Å²) < 4.78 is 3.81. The number of hydrogen-bond acceptors (Lipinski definition) is 5. The Kier molecular flexibility index (Phi) is 3.34. The van der Waals surface area contributed by atoms with E-state index < -0.39 is 0 Å². The molecule has 0 spiro atoms. The monoisotopic (exact) mass is 272 g/mol. The number of aliphatic hydroxyl groups excluding tert-OH is 1. The standard InChI is InChI=1S/C13H16N6O/c14-10-2-3-12-11(8-10)16-13(9-20)19(12)6-1-5-18-7-4-15-17-18/h2-4,7-8,20H,1,5-6,9,14H2. The van der Waals surface area contributed by atoms with Gasteiger partial charge in [-0.1, -0.05) is 5.21 Å². The number of benzene rings is 1. The van der Waals surface area contributed by atoms with Crippen LogP contribution in [-0.4, -0.2) is 29.7 Å². The first-order valence-electron chi connectivity index (χ1n) is 6.47. The number of aliphatic hydroxyl groups is 1. The molecular formula is C13H16N6O. The molecule has 0 saturated carbocycles. The topological polar surface area (TPSA) is 94.8 Å². The minimum atomic E-state index is -0.0854. The van der Waals surface area contributed by atoms with Gasteiger partial charge in [-0.2, -0.15) is 0 Å². The van der Waals surface area contributed by atoms with Crippen molar-refractivity contribution in [1.29, 1.82) is 0 Å². The number of rotatable bonds is 5. The number of hydrogen-bond donors (Lipinski definition) is 2. The Bertz CT molecular complexity index is 703. The predicted octanol–water partition coefficient (Wildman–Crippen LogP) is 0.793. The molecule has 0 unspecified atom stereocenters. The summed E-state index contributed by atoms with van der Waals surface area (Å²) in [6, 6.07) is 5.60. The lowest BCUT2D eigenvalue weighted by atomic mass is 10.3. The lowest BCUT2D eigenvalue weighted by Crippen LogP contribution is -2.08. The van der Waals surface area contributed by atoms with Gasteiger partial charge in [0.05, 0.1) is 17.2 Å². The van der Waals surface area contributed by atoms with Crippen LogP contribution in [0.2, 0.25) is 0 Å². The van der Waals surface area contributed by atoms with E-state index in [0.29, 0.717) is 11.5 Å². The number of nitrogens with two attached hydrogens (primary N) is 1. The molecule has 0 fully saturated rings. The van der Waals surface area contributed by atoms with Crippen LogP contribution >= 0.6 is 0 Å². The number of nitrogen functional groups attached to an aromatic ring is 1. The van der Waals surface area contributed by atoms with Crippen molar-refractivity contribution in [1.82, 2.24) is 24.5 Å². The highest BCUT2D eigenvalue weighted by atomic mass is 16.3. The molecule has 0 bridgehead atoms. The Morgan fingerprint density at radius 2 is 2.15 bits per heavy atom. The summed E-state index contributed by atoms with van der Waals surface area (Å²) in [6.45, 7) is 1.45. The third kappa shape index (κ3) is 2.35. The Morgan fingerprint density at radius 3 is 2.90 bits per heavy atom. The van der Waals surface area contributed by atoms with Crippen molar-refractivity contribution in [3.8, 4) is 0 Å². The minimum Gasteiger partial charge on any atom is -0.399 e. The molecule has 20 heavy (non-hydrogen) atoms. The van der Waals surface area contributed by atoms with Gasteiger partial charge in [-0.25, -0.2) is 4.98 Å². The number of anilines is 1. The fourth-order valence-corrected chi connectivity index (χ4v) is 2.31. The highest BCUT2D eigenvalue weighted by molar-refractivity contribution is 5.79. The molecule has 1 aromatic carbocycles. The van der Waals surface area contributed by atoms with Crippen LogP contribution in [0.25, 0.3) is 11.0 Å². The first-order valence-corrected chi connectivity index (χ1v) is 6.47. The van der Waals surface area contributed by atoms with E-state index in [9.17, 15) is 5.11 Å². The maximum Gasteiger partial charge on any atom is 0.135 e.